The van der Waals surface area contributed by atoms with Crippen molar-refractivity contribution in [3.63, 3.8) is 0 Å². The van der Waals surface area contributed by atoms with Crippen LogP contribution in [0, 0.1) is 23.0 Å². The number of hydrogen-bond acceptors (Lipinski definition) is 3. The van der Waals surface area contributed by atoms with Crippen LogP contribution in [0.3, 0.4) is 0 Å². The van der Waals surface area contributed by atoms with Crippen molar-refractivity contribution in [2.45, 2.75) is 12.8 Å². The zero-order chi connectivity index (χ0) is 10.8. The molecule has 0 unspecified atom stereocenters. The molecule has 2 rings (SSSR count). The summed E-state index contributed by atoms with van der Waals surface area (Å²) in [6.45, 7) is 4.34. The number of nitro groups is 1. The lowest BCUT2D eigenvalue weighted by atomic mass is 10.2. The highest BCUT2D eigenvalue weighted by Crippen LogP contribution is 2.30. The number of hydrogen-bond donors (Lipinski definition) is 0. The number of benzene rings is 1. The van der Waals surface area contributed by atoms with Gasteiger partial charge in [0.1, 0.15) is 5.75 Å². The van der Waals surface area contributed by atoms with Gasteiger partial charge < -0.3 is 4.74 Å². The van der Waals surface area contributed by atoms with Crippen molar-refractivity contribution in [2.75, 3.05) is 6.61 Å². The molecule has 1 fully saturated rings. The molecule has 0 spiro atoms. The van der Waals surface area contributed by atoms with E-state index >= 15 is 0 Å². The zero-order valence-electron chi connectivity index (χ0n) is 8.31. The van der Waals surface area contributed by atoms with Crippen molar-refractivity contribution in [1.29, 1.82) is 0 Å². The van der Waals surface area contributed by atoms with Crippen LogP contribution in [-0.2, 0) is 0 Å². The molecule has 1 aromatic carbocycles. The average molecular weight is 206 g/mol. The molecule has 0 aromatic heterocycles. The maximum absolute atomic E-state index is 10.6. The second-order valence-electron chi connectivity index (χ2n) is 3.85. The van der Waals surface area contributed by atoms with Gasteiger partial charge in [-0.1, -0.05) is 0 Å². The van der Waals surface area contributed by atoms with Crippen molar-refractivity contribution >= 4 is 5.69 Å². The van der Waals surface area contributed by atoms with Crippen LogP contribution in [0.25, 0.3) is 0 Å². The molecule has 0 N–H and O–H groups in total. The molecule has 1 aromatic rings. The van der Waals surface area contributed by atoms with Gasteiger partial charge in [0.2, 0.25) is 0 Å². The van der Waals surface area contributed by atoms with E-state index in [1.807, 2.05) is 0 Å². The van der Waals surface area contributed by atoms with Crippen LogP contribution in [0.4, 0.5) is 5.69 Å². The maximum Gasteiger partial charge on any atom is 0.273 e. The lowest BCUT2D eigenvalue weighted by Gasteiger charge is -2.05. The summed E-state index contributed by atoms with van der Waals surface area (Å²) in [4.78, 5) is 10.1. The molecule has 0 amide bonds. The van der Waals surface area contributed by atoms with Crippen LogP contribution in [-0.4, -0.2) is 11.5 Å². The smallest absolute Gasteiger partial charge is 0.273 e. The summed E-state index contributed by atoms with van der Waals surface area (Å²) < 4.78 is 5.46. The number of nitro benzene ring substituents is 1. The van der Waals surface area contributed by atoms with Crippen molar-refractivity contribution in [3.05, 3.63) is 40.8 Å². The van der Waals surface area contributed by atoms with Crippen molar-refractivity contribution in [1.82, 2.24) is 0 Å². The summed E-state index contributed by atoms with van der Waals surface area (Å²) in [5.74, 6) is 1.18. The fourth-order valence-corrected chi connectivity index (χ4v) is 1.33. The summed E-state index contributed by atoms with van der Waals surface area (Å²) in [6, 6.07) is 4.59. The van der Waals surface area contributed by atoms with Gasteiger partial charge in [0.25, 0.3) is 5.69 Å². The Morgan fingerprint density at radius 3 is 2.80 bits per heavy atom. The first-order chi connectivity index (χ1) is 7.15. The highest BCUT2D eigenvalue weighted by Gasteiger charge is 2.22. The van der Waals surface area contributed by atoms with E-state index in [0.717, 1.165) is 0 Å². The van der Waals surface area contributed by atoms with Crippen LogP contribution in [0.1, 0.15) is 18.4 Å². The fourth-order valence-electron chi connectivity index (χ4n) is 1.33. The van der Waals surface area contributed by atoms with Crippen molar-refractivity contribution < 1.29 is 9.66 Å². The number of nitrogens with zero attached hydrogens (tertiary/aromatic N) is 1. The number of ether oxygens (including phenoxy) is 1. The van der Waals surface area contributed by atoms with Gasteiger partial charge in [-0.15, -0.1) is 0 Å². The van der Waals surface area contributed by atoms with Gasteiger partial charge in [-0.05, 0) is 37.3 Å². The van der Waals surface area contributed by atoms with Gasteiger partial charge in [0.15, 0.2) is 0 Å². The van der Waals surface area contributed by atoms with Gasteiger partial charge in [-0.25, -0.2) is 0 Å². The van der Waals surface area contributed by atoms with E-state index in [1.54, 1.807) is 6.07 Å². The molecule has 0 bridgehead atoms. The predicted octanol–water partition coefficient (Wildman–Crippen LogP) is 2.57. The van der Waals surface area contributed by atoms with E-state index in [2.05, 4.69) is 6.92 Å². The van der Waals surface area contributed by atoms with E-state index in [0.29, 0.717) is 23.8 Å². The minimum absolute atomic E-state index is 0.0355. The molecule has 1 aliphatic rings. The first-order valence-electron chi connectivity index (χ1n) is 4.89. The summed E-state index contributed by atoms with van der Waals surface area (Å²) in [7, 11) is 0. The number of rotatable bonds is 4. The predicted molar refractivity (Wildman–Crippen MR) is 55.8 cm³/mol. The Bertz CT molecular complexity index is 385. The van der Waals surface area contributed by atoms with E-state index in [1.165, 1.54) is 25.0 Å². The minimum atomic E-state index is -0.432. The molecule has 1 radical (unpaired) electrons. The molecule has 1 aliphatic carbocycles. The van der Waals surface area contributed by atoms with Crippen molar-refractivity contribution in [3.8, 4) is 5.75 Å². The Hall–Kier alpha value is -1.58. The molecule has 0 saturated heterocycles. The van der Waals surface area contributed by atoms with Gasteiger partial charge in [-0.3, -0.25) is 10.1 Å². The monoisotopic (exact) mass is 206 g/mol. The normalized spacial score (nSPS) is 15.0. The average Bonchev–Trinajstić information content (AvgIpc) is 2.97. The van der Waals surface area contributed by atoms with E-state index in [-0.39, 0.29) is 5.69 Å². The van der Waals surface area contributed by atoms with Crippen LogP contribution in [0.2, 0.25) is 0 Å². The quantitative estimate of drug-likeness (QED) is 0.562. The van der Waals surface area contributed by atoms with Crippen LogP contribution < -0.4 is 4.74 Å². The Morgan fingerprint density at radius 2 is 2.20 bits per heavy atom. The van der Waals surface area contributed by atoms with E-state index in [4.69, 9.17) is 4.74 Å². The largest absolute Gasteiger partial charge is 0.493 e. The van der Waals surface area contributed by atoms with Crippen LogP contribution in [0.5, 0.6) is 5.75 Å². The molecule has 0 atom stereocenters. The summed E-state index contributed by atoms with van der Waals surface area (Å²) in [5, 5.41) is 10.6. The van der Waals surface area contributed by atoms with E-state index < -0.39 is 4.92 Å². The molecule has 15 heavy (non-hydrogen) atoms. The lowest BCUT2D eigenvalue weighted by molar-refractivity contribution is -0.385. The third-order valence-electron chi connectivity index (χ3n) is 2.34. The standard InChI is InChI=1S/C11H12NO3/c1-8-4-10(12(13)14)6-11(5-8)15-7-9-2-3-9/h4-6,9H,1-3,7H2. The lowest BCUT2D eigenvalue weighted by Crippen LogP contribution is -2.00. The molecule has 1 saturated carbocycles. The highest BCUT2D eigenvalue weighted by molar-refractivity contribution is 5.43. The first-order valence-corrected chi connectivity index (χ1v) is 4.89. The molecule has 79 valence electrons. The van der Waals surface area contributed by atoms with Crippen LogP contribution in [0.15, 0.2) is 18.2 Å². The van der Waals surface area contributed by atoms with E-state index in [9.17, 15) is 10.1 Å². The summed E-state index contributed by atoms with van der Waals surface area (Å²) in [6.07, 6.45) is 2.40. The van der Waals surface area contributed by atoms with Crippen LogP contribution >= 0.6 is 0 Å². The Balaban J connectivity index is 2.10. The molecule has 4 heteroatoms. The Labute approximate surface area is 88.0 Å². The maximum atomic E-state index is 10.6. The first kappa shape index (κ1) is 9.96. The van der Waals surface area contributed by atoms with Gasteiger partial charge in [0, 0.05) is 6.07 Å². The fraction of sp³-hybridized carbons (Fsp3) is 0.364. The highest BCUT2D eigenvalue weighted by atomic mass is 16.6. The second kappa shape index (κ2) is 3.88. The van der Waals surface area contributed by atoms with Gasteiger partial charge in [-0.2, -0.15) is 0 Å². The molecular formula is C11H12NO3. The summed E-state index contributed by atoms with van der Waals surface area (Å²) >= 11 is 0. The Morgan fingerprint density at radius 1 is 1.47 bits per heavy atom. The molecular weight excluding hydrogens is 194 g/mol. The molecule has 0 heterocycles. The minimum Gasteiger partial charge on any atom is -0.493 e. The third-order valence-corrected chi connectivity index (χ3v) is 2.34. The third kappa shape index (κ3) is 2.68. The Kier molecular flexibility index (Phi) is 2.58. The van der Waals surface area contributed by atoms with Gasteiger partial charge >= 0.3 is 0 Å². The molecule has 0 aliphatic heterocycles. The van der Waals surface area contributed by atoms with Crippen molar-refractivity contribution in [2.24, 2.45) is 5.92 Å². The van der Waals surface area contributed by atoms with Gasteiger partial charge in [0.05, 0.1) is 17.6 Å². The number of non-ortho nitro benzene ring substituents is 1. The zero-order valence-corrected chi connectivity index (χ0v) is 8.31. The SMILES string of the molecule is [CH2]c1cc(OCC2CC2)cc([N+](=O)[O-])c1. The summed E-state index contributed by atoms with van der Waals surface area (Å²) in [5.41, 5.74) is 0.642. The second-order valence-corrected chi connectivity index (χ2v) is 3.85. The molecule has 4 nitrogen and oxygen atoms in total. The topological polar surface area (TPSA) is 52.4 Å².